The van der Waals surface area contributed by atoms with Crippen LogP contribution in [0.25, 0.3) is 0 Å². The van der Waals surface area contributed by atoms with Gasteiger partial charge in [0.1, 0.15) is 11.8 Å². The first-order chi connectivity index (χ1) is 8.09. The molecule has 11 heteroatoms. The zero-order chi connectivity index (χ0) is 14.3. The van der Waals surface area contributed by atoms with Gasteiger partial charge in [-0.3, -0.25) is 4.79 Å². The molecular formula is C9H12NNa2O7P. The van der Waals surface area contributed by atoms with Crippen LogP contribution in [0.1, 0.15) is 5.56 Å². The number of hydrogen-bond donors (Lipinski definition) is 4. The van der Waals surface area contributed by atoms with E-state index in [4.69, 9.17) is 35.2 Å². The van der Waals surface area contributed by atoms with Gasteiger partial charge in [-0.15, -0.1) is 0 Å². The number of carboxylic acids is 1. The Kier molecular flexibility index (Phi) is 15.5. The van der Waals surface area contributed by atoms with Gasteiger partial charge in [0.05, 0.1) is 7.82 Å². The van der Waals surface area contributed by atoms with Crippen molar-refractivity contribution in [1.82, 2.24) is 0 Å². The minimum absolute atomic E-state index is 0. The summed E-state index contributed by atoms with van der Waals surface area (Å²) in [5.74, 6) is -0.860. The SMILES string of the molecule is NC(Cc1ccc(O)cc1)C(=O)O.O=P([O-])([O-])O.[Na+].[Na+]. The normalized spacial score (nSPS) is 11.0. The van der Waals surface area contributed by atoms with E-state index in [9.17, 15) is 4.79 Å². The number of carboxylic acid groups (broad SMARTS) is 1. The predicted molar refractivity (Wildman–Crippen MR) is 57.2 cm³/mol. The first-order valence-corrected chi connectivity index (χ1v) is 6.10. The monoisotopic (exact) mass is 323 g/mol. The number of aliphatic carboxylic acids is 1. The molecule has 0 aliphatic heterocycles. The predicted octanol–water partition coefficient (Wildman–Crippen LogP) is -7.84. The summed E-state index contributed by atoms with van der Waals surface area (Å²) in [6.45, 7) is 0. The summed E-state index contributed by atoms with van der Waals surface area (Å²) >= 11 is 0. The van der Waals surface area contributed by atoms with E-state index >= 15 is 0 Å². The number of rotatable bonds is 3. The van der Waals surface area contributed by atoms with Crippen LogP contribution in [0.4, 0.5) is 0 Å². The smallest absolute Gasteiger partial charge is 0.790 e. The molecule has 1 aromatic rings. The Morgan fingerprint density at radius 2 is 1.60 bits per heavy atom. The molecule has 0 bridgehead atoms. The van der Waals surface area contributed by atoms with Crippen LogP contribution >= 0.6 is 7.82 Å². The van der Waals surface area contributed by atoms with E-state index in [2.05, 4.69) is 0 Å². The van der Waals surface area contributed by atoms with Gasteiger partial charge >= 0.3 is 65.1 Å². The largest absolute Gasteiger partial charge is 1.00 e. The molecule has 1 atom stereocenters. The van der Waals surface area contributed by atoms with Gasteiger partial charge in [0.25, 0.3) is 0 Å². The molecular weight excluding hydrogens is 311 g/mol. The Labute approximate surface area is 159 Å². The summed E-state index contributed by atoms with van der Waals surface area (Å²) in [6.07, 6.45) is 0.273. The molecule has 1 unspecified atom stereocenters. The fourth-order valence-corrected chi connectivity index (χ4v) is 0.973. The van der Waals surface area contributed by atoms with Crippen molar-refractivity contribution in [2.45, 2.75) is 12.5 Å². The standard InChI is InChI=1S/C9H11NO3.2Na.H3O4P/c10-8(9(12)13)5-6-1-3-7(11)4-2-6;;;1-5(2,3)4/h1-4,8,11H,5,10H2,(H,12,13);;;(H3,1,2,3,4)/q;2*+1;/p-2. The van der Waals surface area contributed by atoms with E-state index in [1.165, 1.54) is 12.1 Å². The van der Waals surface area contributed by atoms with E-state index in [1.807, 2.05) is 0 Å². The fraction of sp³-hybridized carbons (Fsp3) is 0.222. The zero-order valence-corrected chi connectivity index (χ0v) is 16.0. The Bertz CT molecular complexity index is 428. The molecule has 102 valence electrons. The third-order valence-corrected chi connectivity index (χ3v) is 1.71. The van der Waals surface area contributed by atoms with Gasteiger partial charge in [-0.2, -0.15) is 0 Å². The van der Waals surface area contributed by atoms with Crippen molar-refractivity contribution in [3.63, 3.8) is 0 Å². The molecule has 0 aromatic heterocycles. The number of benzene rings is 1. The second-order valence-electron chi connectivity index (χ2n) is 3.28. The Balaban J connectivity index is -0.000000361. The molecule has 0 saturated carbocycles. The van der Waals surface area contributed by atoms with Crippen molar-refractivity contribution in [1.29, 1.82) is 0 Å². The number of phenolic OH excluding ortho intramolecular Hbond substituents is 1. The molecule has 1 rings (SSSR count). The van der Waals surface area contributed by atoms with Crippen molar-refractivity contribution in [2.24, 2.45) is 5.73 Å². The van der Waals surface area contributed by atoms with E-state index in [0.29, 0.717) is 0 Å². The van der Waals surface area contributed by atoms with Crippen LogP contribution < -0.4 is 74.6 Å². The number of carbonyl (C=O) groups is 1. The van der Waals surface area contributed by atoms with Crippen molar-refractivity contribution in [3.8, 4) is 5.75 Å². The summed E-state index contributed by atoms with van der Waals surface area (Å²) < 4.78 is 8.66. The maximum Gasteiger partial charge on any atom is 1.00 e. The average molecular weight is 323 g/mol. The molecule has 1 aromatic carbocycles. The minimum atomic E-state index is -5.14. The summed E-state index contributed by atoms with van der Waals surface area (Å²) in [6, 6.07) is 5.42. The van der Waals surface area contributed by atoms with Crippen LogP contribution in [-0.2, 0) is 15.8 Å². The Morgan fingerprint density at radius 3 is 1.90 bits per heavy atom. The average Bonchev–Trinajstić information content (AvgIpc) is 2.18. The third kappa shape index (κ3) is 16.6. The second kappa shape index (κ2) is 12.1. The molecule has 0 aliphatic carbocycles. The second-order valence-corrected chi connectivity index (χ2v) is 4.22. The van der Waals surface area contributed by atoms with E-state index in [1.54, 1.807) is 12.1 Å². The van der Waals surface area contributed by atoms with Gasteiger partial charge in [-0.1, -0.05) is 12.1 Å². The number of nitrogens with two attached hydrogens (primary N) is 1. The molecule has 0 spiro atoms. The number of phenols is 1. The van der Waals surface area contributed by atoms with E-state index in [-0.39, 0.29) is 71.3 Å². The quantitative estimate of drug-likeness (QED) is 0.314. The summed E-state index contributed by atoms with van der Waals surface area (Å²) in [5, 5.41) is 17.5. The topological polar surface area (TPSA) is 167 Å². The first-order valence-electron chi connectivity index (χ1n) is 4.60. The van der Waals surface area contributed by atoms with Crippen molar-refractivity contribution in [3.05, 3.63) is 29.8 Å². The first kappa shape index (κ1) is 25.5. The van der Waals surface area contributed by atoms with Crippen LogP contribution in [0, 0.1) is 0 Å². The summed E-state index contributed by atoms with van der Waals surface area (Å²) in [7, 11) is -5.14. The molecule has 0 radical (unpaired) electrons. The Morgan fingerprint density at radius 1 is 1.25 bits per heavy atom. The molecule has 0 fully saturated rings. The maximum atomic E-state index is 10.4. The fourth-order valence-electron chi connectivity index (χ4n) is 0.973. The number of phosphoric acid groups is 1. The molecule has 0 amide bonds. The molecule has 0 saturated heterocycles. The van der Waals surface area contributed by atoms with E-state index in [0.717, 1.165) is 5.56 Å². The summed E-state index contributed by atoms with van der Waals surface area (Å²) in [5.41, 5.74) is 6.12. The maximum absolute atomic E-state index is 10.4. The molecule has 0 heterocycles. The zero-order valence-electron chi connectivity index (χ0n) is 11.1. The van der Waals surface area contributed by atoms with Gasteiger partial charge in [0, 0.05) is 0 Å². The van der Waals surface area contributed by atoms with Gasteiger partial charge < -0.3 is 35.2 Å². The molecule has 5 N–H and O–H groups in total. The van der Waals surface area contributed by atoms with Gasteiger partial charge in [-0.25, -0.2) is 0 Å². The third-order valence-electron chi connectivity index (χ3n) is 1.71. The van der Waals surface area contributed by atoms with Gasteiger partial charge in [0.15, 0.2) is 0 Å². The van der Waals surface area contributed by atoms with Crippen molar-refractivity contribution >= 4 is 13.8 Å². The minimum Gasteiger partial charge on any atom is -0.790 e. The van der Waals surface area contributed by atoms with Crippen LogP contribution in [-0.4, -0.2) is 27.1 Å². The van der Waals surface area contributed by atoms with Crippen LogP contribution in [0.2, 0.25) is 0 Å². The molecule has 8 nitrogen and oxygen atoms in total. The van der Waals surface area contributed by atoms with Crippen molar-refractivity contribution in [2.75, 3.05) is 0 Å². The van der Waals surface area contributed by atoms with Crippen LogP contribution in [0.15, 0.2) is 24.3 Å². The van der Waals surface area contributed by atoms with Gasteiger partial charge in [-0.05, 0) is 24.1 Å². The molecule has 20 heavy (non-hydrogen) atoms. The van der Waals surface area contributed by atoms with E-state index < -0.39 is 19.8 Å². The summed E-state index contributed by atoms with van der Waals surface area (Å²) in [4.78, 5) is 34.7. The molecule has 0 aliphatic rings. The number of hydrogen-bond acceptors (Lipinski definition) is 6. The number of aromatic hydroxyl groups is 1. The van der Waals surface area contributed by atoms with Gasteiger partial charge in [0.2, 0.25) is 0 Å². The van der Waals surface area contributed by atoms with Crippen LogP contribution in [0.3, 0.4) is 0 Å². The Hall–Kier alpha value is 0.560. The van der Waals surface area contributed by atoms with Crippen molar-refractivity contribution < 1.29 is 93.4 Å². The van der Waals surface area contributed by atoms with Crippen LogP contribution in [0.5, 0.6) is 5.75 Å².